The fourth-order valence-electron chi connectivity index (χ4n) is 2.46. The van der Waals surface area contributed by atoms with Crippen molar-refractivity contribution >= 4 is 22.7 Å². The molecule has 23 heavy (non-hydrogen) atoms. The molecule has 5 nitrogen and oxygen atoms in total. The first-order valence-corrected chi connectivity index (χ1v) is 7.71. The van der Waals surface area contributed by atoms with Gasteiger partial charge in [0.15, 0.2) is 0 Å². The van der Waals surface area contributed by atoms with Gasteiger partial charge >= 0.3 is 0 Å². The number of hydrogen-bond donors (Lipinski definition) is 3. The van der Waals surface area contributed by atoms with Gasteiger partial charge in [-0.05, 0) is 24.6 Å². The fraction of sp³-hybridized carbons (Fsp3) is 0.222. The Morgan fingerprint density at radius 1 is 1.00 bits per heavy atom. The molecule has 1 unspecified atom stereocenters. The zero-order valence-corrected chi connectivity index (χ0v) is 13.0. The zero-order chi connectivity index (χ0) is 16.1. The van der Waals surface area contributed by atoms with Crippen LogP contribution in [0.5, 0.6) is 0 Å². The molecule has 0 amide bonds. The van der Waals surface area contributed by atoms with E-state index in [2.05, 4.69) is 39.7 Å². The highest BCUT2D eigenvalue weighted by atomic mass is 16.3. The van der Waals surface area contributed by atoms with Gasteiger partial charge in [0.25, 0.3) is 0 Å². The molecule has 0 radical (unpaired) electrons. The monoisotopic (exact) mass is 308 g/mol. The molecule has 1 aromatic heterocycles. The lowest BCUT2D eigenvalue weighted by Crippen LogP contribution is -2.12. The van der Waals surface area contributed by atoms with E-state index in [9.17, 15) is 0 Å². The van der Waals surface area contributed by atoms with Crippen LogP contribution in [-0.4, -0.2) is 28.2 Å². The van der Waals surface area contributed by atoms with Crippen LogP contribution >= 0.6 is 0 Å². The molecule has 0 bridgehead atoms. The Kier molecular flexibility index (Phi) is 4.68. The maximum absolute atomic E-state index is 8.97. The minimum absolute atomic E-state index is 0.0410. The van der Waals surface area contributed by atoms with Gasteiger partial charge in [-0.1, -0.05) is 42.5 Å². The average Bonchev–Trinajstić information content (AvgIpc) is 2.60. The second kappa shape index (κ2) is 7.07. The first-order valence-electron chi connectivity index (χ1n) is 7.71. The third-order valence-corrected chi connectivity index (χ3v) is 3.65. The zero-order valence-electron chi connectivity index (χ0n) is 13.0. The minimum atomic E-state index is 0.0410. The van der Waals surface area contributed by atoms with E-state index in [0.717, 1.165) is 16.7 Å². The fourth-order valence-corrected chi connectivity index (χ4v) is 2.46. The summed E-state index contributed by atoms with van der Waals surface area (Å²) in [6.07, 6.45) is 0. The number of rotatable bonds is 6. The summed E-state index contributed by atoms with van der Waals surface area (Å²) in [6, 6.07) is 18.3. The van der Waals surface area contributed by atoms with Gasteiger partial charge in [0, 0.05) is 18.0 Å². The summed E-state index contributed by atoms with van der Waals surface area (Å²) >= 11 is 0. The van der Waals surface area contributed by atoms with Crippen LogP contribution < -0.4 is 10.6 Å². The van der Waals surface area contributed by atoms with Crippen molar-refractivity contribution in [3.05, 3.63) is 60.2 Å². The first kappa shape index (κ1) is 15.2. The third-order valence-electron chi connectivity index (χ3n) is 3.65. The van der Waals surface area contributed by atoms with Gasteiger partial charge in [-0.25, -0.2) is 4.98 Å². The number of nitrogens with one attached hydrogen (secondary N) is 2. The third kappa shape index (κ3) is 3.57. The van der Waals surface area contributed by atoms with Crippen molar-refractivity contribution in [3.8, 4) is 0 Å². The van der Waals surface area contributed by atoms with Gasteiger partial charge in [0.1, 0.15) is 5.82 Å². The number of nitrogens with zero attached hydrogens (tertiary/aromatic N) is 2. The molecule has 5 heteroatoms. The van der Waals surface area contributed by atoms with E-state index in [4.69, 9.17) is 5.11 Å². The molecular formula is C18H20N4O. The SMILES string of the molecule is CC(Nc1nc(NCCO)nc2ccccc12)c1ccccc1. The average molecular weight is 308 g/mol. The maximum atomic E-state index is 8.97. The molecule has 0 saturated heterocycles. The molecule has 3 rings (SSSR count). The largest absolute Gasteiger partial charge is 0.395 e. The van der Waals surface area contributed by atoms with Crippen molar-refractivity contribution in [2.75, 3.05) is 23.8 Å². The number of anilines is 2. The highest BCUT2D eigenvalue weighted by Gasteiger charge is 2.11. The molecular weight excluding hydrogens is 288 g/mol. The number of aliphatic hydroxyl groups is 1. The van der Waals surface area contributed by atoms with E-state index in [1.54, 1.807) is 0 Å². The van der Waals surface area contributed by atoms with Crippen molar-refractivity contribution in [2.24, 2.45) is 0 Å². The molecule has 1 heterocycles. The van der Waals surface area contributed by atoms with Crippen LogP contribution in [0.2, 0.25) is 0 Å². The molecule has 118 valence electrons. The molecule has 0 saturated carbocycles. The Morgan fingerprint density at radius 3 is 2.52 bits per heavy atom. The van der Waals surface area contributed by atoms with E-state index >= 15 is 0 Å². The van der Waals surface area contributed by atoms with E-state index in [0.29, 0.717) is 12.5 Å². The topological polar surface area (TPSA) is 70.1 Å². The van der Waals surface area contributed by atoms with E-state index < -0.39 is 0 Å². The summed E-state index contributed by atoms with van der Waals surface area (Å²) in [4.78, 5) is 9.04. The molecule has 0 fully saturated rings. The number of hydrogen-bond acceptors (Lipinski definition) is 5. The van der Waals surface area contributed by atoms with Gasteiger partial charge in [0.2, 0.25) is 5.95 Å². The molecule has 0 aliphatic rings. The minimum Gasteiger partial charge on any atom is -0.395 e. The van der Waals surface area contributed by atoms with Crippen LogP contribution in [-0.2, 0) is 0 Å². The summed E-state index contributed by atoms with van der Waals surface area (Å²) in [7, 11) is 0. The lowest BCUT2D eigenvalue weighted by atomic mass is 10.1. The van der Waals surface area contributed by atoms with E-state index in [1.807, 2.05) is 42.5 Å². The van der Waals surface area contributed by atoms with Gasteiger partial charge in [0.05, 0.1) is 12.1 Å². The van der Waals surface area contributed by atoms with Gasteiger partial charge in [-0.2, -0.15) is 4.98 Å². The number of benzene rings is 2. The normalized spacial score (nSPS) is 12.1. The molecule has 2 aromatic carbocycles. The standard InChI is InChI=1S/C18H20N4O/c1-13(14-7-3-2-4-8-14)20-17-15-9-5-6-10-16(15)21-18(22-17)19-11-12-23/h2-10,13,23H,11-12H2,1H3,(H2,19,20,21,22). The van der Waals surface area contributed by atoms with E-state index in [1.165, 1.54) is 5.56 Å². The second-order valence-corrected chi connectivity index (χ2v) is 5.34. The predicted molar refractivity (Wildman–Crippen MR) is 93.6 cm³/mol. The second-order valence-electron chi connectivity index (χ2n) is 5.34. The Balaban J connectivity index is 1.94. The molecule has 0 aliphatic carbocycles. The van der Waals surface area contributed by atoms with Crippen molar-refractivity contribution < 1.29 is 5.11 Å². The Hall–Kier alpha value is -2.66. The molecule has 0 spiro atoms. The van der Waals surface area contributed by atoms with Gasteiger partial charge in [-0.3, -0.25) is 0 Å². The quantitative estimate of drug-likeness (QED) is 0.652. The van der Waals surface area contributed by atoms with E-state index in [-0.39, 0.29) is 12.6 Å². The van der Waals surface area contributed by atoms with Crippen LogP contribution in [0.3, 0.4) is 0 Å². The summed E-state index contributed by atoms with van der Waals surface area (Å²) in [5, 5.41) is 16.4. The van der Waals surface area contributed by atoms with Gasteiger partial charge in [-0.15, -0.1) is 0 Å². The van der Waals surface area contributed by atoms with Crippen LogP contribution in [0.1, 0.15) is 18.5 Å². The lowest BCUT2D eigenvalue weighted by molar-refractivity contribution is 0.311. The molecule has 3 N–H and O–H groups in total. The first-order chi connectivity index (χ1) is 11.3. The van der Waals surface area contributed by atoms with Crippen LogP contribution in [0.4, 0.5) is 11.8 Å². The predicted octanol–water partition coefficient (Wildman–Crippen LogP) is 3.21. The van der Waals surface area contributed by atoms with Crippen LogP contribution in [0.25, 0.3) is 10.9 Å². The Bertz CT molecular complexity index is 776. The molecule has 0 aliphatic heterocycles. The smallest absolute Gasteiger partial charge is 0.225 e. The lowest BCUT2D eigenvalue weighted by Gasteiger charge is -2.17. The van der Waals surface area contributed by atoms with Gasteiger partial charge < -0.3 is 15.7 Å². The van der Waals surface area contributed by atoms with Crippen LogP contribution in [0.15, 0.2) is 54.6 Å². The summed E-state index contributed by atoms with van der Waals surface area (Å²) in [5.74, 6) is 1.30. The summed E-state index contributed by atoms with van der Waals surface area (Å²) < 4.78 is 0. The number of aliphatic hydroxyl groups excluding tert-OH is 1. The highest BCUT2D eigenvalue weighted by Crippen LogP contribution is 2.25. The number of aromatic nitrogens is 2. The summed E-state index contributed by atoms with van der Waals surface area (Å²) in [6.45, 7) is 2.57. The van der Waals surface area contributed by atoms with Crippen molar-refractivity contribution in [1.82, 2.24) is 9.97 Å². The van der Waals surface area contributed by atoms with Crippen LogP contribution in [0, 0.1) is 0 Å². The number of para-hydroxylation sites is 1. The van der Waals surface area contributed by atoms with Crippen molar-refractivity contribution in [2.45, 2.75) is 13.0 Å². The maximum Gasteiger partial charge on any atom is 0.225 e. The Morgan fingerprint density at radius 2 is 1.74 bits per heavy atom. The Labute approximate surface area is 135 Å². The molecule has 1 atom stereocenters. The van der Waals surface area contributed by atoms with Crippen molar-refractivity contribution in [3.63, 3.8) is 0 Å². The molecule has 3 aromatic rings. The highest BCUT2D eigenvalue weighted by molar-refractivity contribution is 5.90. The number of fused-ring (bicyclic) bond motifs is 1. The summed E-state index contributed by atoms with van der Waals surface area (Å²) in [5.41, 5.74) is 2.06. The van der Waals surface area contributed by atoms with Crippen molar-refractivity contribution in [1.29, 1.82) is 0 Å².